The predicted molar refractivity (Wildman–Crippen MR) is 83.8 cm³/mol. The summed E-state index contributed by atoms with van der Waals surface area (Å²) >= 11 is 5.17. The van der Waals surface area contributed by atoms with E-state index in [9.17, 15) is 5.11 Å². The van der Waals surface area contributed by atoms with E-state index in [0.29, 0.717) is 0 Å². The van der Waals surface area contributed by atoms with E-state index in [1.54, 1.807) is 11.3 Å². The molecule has 1 aromatic heterocycles. The van der Waals surface area contributed by atoms with E-state index in [0.717, 1.165) is 36.0 Å². The smallest absolute Gasteiger partial charge is 0.0949 e. The Morgan fingerprint density at radius 3 is 2.37 bits per heavy atom. The molecular weight excluding hydrogens is 322 g/mol. The molecule has 100 valence electrons. The highest BCUT2D eigenvalue weighted by Crippen LogP contribution is 2.39. The van der Waals surface area contributed by atoms with Gasteiger partial charge in [0.15, 0.2) is 0 Å². The zero-order valence-electron chi connectivity index (χ0n) is 10.6. The molecule has 1 saturated heterocycles. The molecule has 0 amide bonds. The van der Waals surface area contributed by atoms with Crippen molar-refractivity contribution in [2.24, 2.45) is 0 Å². The molecule has 19 heavy (non-hydrogen) atoms. The largest absolute Gasteiger partial charge is 0.385 e. The second-order valence-electron chi connectivity index (χ2n) is 4.99. The highest BCUT2D eigenvalue weighted by Gasteiger charge is 2.35. The van der Waals surface area contributed by atoms with Crippen LogP contribution in [0.4, 0.5) is 5.69 Å². The Hall–Kier alpha value is -0.840. The normalized spacial score (nSPS) is 18.5. The number of benzene rings is 1. The van der Waals surface area contributed by atoms with E-state index in [4.69, 9.17) is 0 Å². The summed E-state index contributed by atoms with van der Waals surface area (Å²) in [5.41, 5.74) is 1.61. The van der Waals surface area contributed by atoms with Gasteiger partial charge < -0.3 is 10.0 Å². The number of anilines is 1. The first-order chi connectivity index (χ1) is 9.19. The van der Waals surface area contributed by atoms with Crippen LogP contribution < -0.4 is 4.90 Å². The predicted octanol–water partition coefficient (Wildman–Crippen LogP) is 4.00. The maximum atomic E-state index is 10.8. The van der Waals surface area contributed by atoms with E-state index in [2.05, 4.69) is 50.5 Å². The van der Waals surface area contributed by atoms with Gasteiger partial charge in [-0.1, -0.05) is 18.2 Å². The molecular formula is C15H16BrNOS. The Labute approximate surface area is 125 Å². The number of hydrogen-bond acceptors (Lipinski definition) is 3. The van der Waals surface area contributed by atoms with Crippen LogP contribution in [0.2, 0.25) is 0 Å². The van der Waals surface area contributed by atoms with E-state index in [1.807, 2.05) is 11.4 Å². The second-order valence-corrected chi connectivity index (χ2v) is 6.59. The maximum absolute atomic E-state index is 10.8. The highest BCUT2D eigenvalue weighted by atomic mass is 79.9. The number of hydrogen-bond donors (Lipinski definition) is 1. The number of nitrogens with zero attached hydrogens (tertiary/aromatic N) is 1. The quantitative estimate of drug-likeness (QED) is 0.895. The van der Waals surface area contributed by atoms with Gasteiger partial charge in [-0.3, -0.25) is 0 Å². The molecule has 2 aromatic rings. The van der Waals surface area contributed by atoms with Gasteiger partial charge in [0.05, 0.1) is 5.60 Å². The Morgan fingerprint density at radius 1 is 1.11 bits per heavy atom. The zero-order valence-corrected chi connectivity index (χ0v) is 13.0. The molecule has 0 spiro atoms. The molecule has 0 bridgehead atoms. The van der Waals surface area contributed by atoms with Gasteiger partial charge in [-0.15, -0.1) is 0 Å². The lowest BCUT2D eigenvalue weighted by molar-refractivity contribution is 0.0115. The van der Waals surface area contributed by atoms with Crippen molar-refractivity contribution in [2.75, 3.05) is 18.0 Å². The van der Waals surface area contributed by atoms with Crippen molar-refractivity contribution in [2.45, 2.75) is 18.4 Å². The number of rotatable bonds is 2. The molecule has 1 aliphatic rings. The molecule has 1 fully saturated rings. The van der Waals surface area contributed by atoms with Gasteiger partial charge in [-0.2, -0.15) is 11.3 Å². The molecule has 0 radical (unpaired) electrons. The van der Waals surface area contributed by atoms with Crippen molar-refractivity contribution in [3.05, 3.63) is 51.1 Å². The Kier molecular flexibility index (Phi) is 3.65. The van der Waals surface area contributed by atoms with Crippen LogP contribution in [0.25, 0.3) is 0 Å². The number of aliphatic hydroxyl groups is 1. The van der Waals surface area contributed by atoms with Crippen LogP contribution in [-0.4, -0.2) is 18.2 Å². The molecule has 0 atom stereocenters. The molecule has 1 aromatic carbocycles. The summed E-state index contributed by atoms with van der Waals surface area (Å²) in [6, 6.07) is 10.4. The number of thiophene rings is 1. The molecule has 1 aliphatic heterocycles. The van der Waals surface area contributed by atoms with Crippen LogP contribution in [0.15, 0.2) is 45.6 Å². The molecule has 4 heteroatoms. The molecule has 3 rings (SSSR count). The SMILES string of the molecule is OC1(c2cscc2Br)CCN(c2ccccc2)CC1. The summed E-state index contributed by atoms with van der Waals surface area (Å²) in [6.45, 7) is 1.78. The molecule has 2 nitrogen and oxygen atoms in total. The molecule has 2 heterocycles. The van der Waals surface area contributed by atoms with E-state index >= 15 is 0 Å². The zero-order chi connectivity index (χ0) is 13.3. The monoisotopic (exact) mass is 337 g/mol. The van der Waals surface area contributed by atoms with Crippen molar-refractivity contribution in [3.63, 3.8) is 0 Å². The van der Waals surface area contributed by atoms with E-state index < -0.39 is 5.60 Å². The summed E-state index contributed by atoms with van der Waals surface area (Å²) in [5.74, 6) is 0. The van der Waals surface area contributed by atoms with Gasteiger partial charge in [0.25, 0.3) is 0 Å². The fourth-order valence-electron chi connectivity index (χ4n) is 2.66. The Morgan fingerprint density at radius 2 is 1.79 bits per heavy atom. The fourth-order valence-corrected chi connectivity index (χ4v) is 4.41. The van der Waals surface area contributed by atoms with Crippen molar-refractivity contribution in [1.29, 1.82) is 0 Å². The lowest BCUT2D eigenvalue weighted by atomic mass is 9.86. The fraction of sp³-hybridized carbons (Fsp3) is 0.333. The first kappa shape index (κ1) is 13.2. The van der Waals surface area contributed by atoms with Crippen molar-refractivity contribution >= 4 is 33.0 Å². The third-order valence-corrected chi connectivity index (χ3v) is 5.53. The molecule has 0 saturated carbocycles. The van der Waals surface area contributed by atoms with E-state index in [-0.39, 0.29) is 0 Å². The van der Waals surface area contributed by atoms with Crippen LogP contribution in [0, 0.1) is 0 Å². The van der Waals surface area contributed by atoms with Gasteiger partial charge in [-0.05, 0) is 46.3 Å². The van der Waals surface area contributed by atoms with Crippen molar-refractivity contribution in [1.82, 2.24) is 0 Å². The lowest BCUT2D eigenvalue weighted by Crippen LogP contribution is -2.42. The molecule has 0 aliphatic carbocycles. The summed E-state index contributed by atoms with van der Waals surface area (Å²) in [7, 11) is 0. The van der Waals surface area contributed by atoms with Gasteiger partial charge in [0.1, 0.15) is 0 Å². The van der Waals surface area contributed by atoms with Crippen molar-refractivity contribution < 1.29 is 5.11 Å². The molecule has 1 N–H and O–H groups in total. The Bertz CT molecular complexity index is 546. The standard InChI is InChI=1S/C15H16BrNOS/c16-14-11-19-10-13(14)15(18)6-8-17(9-7-15)12-4-2-1-3-5-12/h1-5,10-11,18H,6-9H2. The Balaban J connectivity index is 1.75. The minimum absolute atomic E-state index is 0.676. The minimum Gasteiger partial charge on any atom is -0.385 e. The third kappa shape index (κ3) is 2.57. The maximum Gasteiger partial charge on any atom is 0.0949 e. The van der Waals surface area contributed by atoms with Gasteiger partial charge in [-0.25, -0.2) is 0 Å². The average molecular weight is 338 g/mol. The molecule has 0 unspecified atom stereocenters. The van der Waals surface area contributed by atoms with Crippen LogP contribution in [0.1, 0.15) is 18.4 Å². The highest BCUT2D eigenvalue weighted by molar-refractivity contribution is 9.10. The van der Waals surface area contributed by atoms with Crippen LogP contribution in [-0.2, 0) is 5.60 Å². The summed E-state index contributed by atoms with van der Waals surface area (Å²) in [6.07, 6.45) is 1.55. The number of halogens is 1. The van der Waals surface area contributed by atoms with Crippen LogP contribution >= 0.6 is 27.3 Å². The first-order valence-electron chi connectivity index (χ1n) is 6.44. The number of piperidine rings is 1. The van der Waals surface area contributed by atoms with Crippen LogP contribution in [0.5, 0.6) is 0 Å². The topological polar surface area (TPSA) is 23.5 Å². The van der Waals surface area contributed by atoms with Gasteiger partial charge in [0, 0.05) is 34.2 Å². The van der Waals surface area contributed by atoms with E-state index in [1.165, 1.54) is 5.69 Å². The number of para-hydroxylation sites is 1. The third-order valence-electron chi connectivity index (χ3n) is 3.83. The second kappa shape index (κ2) is 5.27. The van der Waals surface area contributed by atoms with Gasteiger partial charge >= 0.3 is 0 Å². The average Bonchev–Trinajstić information content (AvgIpc) is 2.88. The minimum atomic E-state index is -0.676. The summed E-state index contributed by atoms with van der Waals surface area (Å²) in [5, 5.41) is 14.9. The lowest BCUT2D eigenvalue weighted by Gasteiger charge is -2.39. The van der Waals surface area contributed by atoms with Crippen LogP contribution in [0.3, 0.4) is 0 Å². The summed E-state index contributed by atoms with van der Waals surface area (Å²) < 4.78 is 1.04. The van der Waals surface area contributed by atoms with Crippen molar-refractivity contribution in [3.8, 4) is 0 Å². The van der Waals surface area contributed by atoms with Gasteiger partial charge in [0.2, 0.25) is 0 Å². The summed E-state index contributed by atoms with van der Waals surface area (Å²) in [4.78, 5) is 2.34. The first-order valence-corrected chi connectivity index (χ1v) is 8.17.